The minimum absolute atomic E-state index is 0. The lowest BCUT2D eigenvalue weighted by molar-refractivity contribution is 0.0526. The van der Waals surface area contributed by atoms with Gasteiger partial charge in [-0.25, -0.2) is 13.2 Å². The number of sulfonamides is 1. The Hall–Kier alpha value is -2.92. The first kappa shape index (κ1) is 28.1. The fourth-order valence-electron chi connectivity index (χ4n) is 4.87. The van der Waals surface area contributed by atoms with Crippen molar-refractivity contribution in [2.24, 2.45) is 0 Å². The number of aryl methyl sites for hydroxylation is 1. The predicted molar refractivity (Wildman–Crippen MR) is 151 cm³/mol. The van der Waals surface area contributed by atoms with Gasteiger partial charge in [-0.15, -0.1) is 23.7 Å². The molecule has 1 aromatic heterocycles. The lowest BCUT2D eigenvalue weighted by atomic mass is 10.0. The monoisotopic (exact) mass is 575 g/mol. The highest BCUT2D eigenvalue weighted by atomic mass is 35.5. The van der Waals surface area contributed by atoms with Crippen LogP contribution in [-0.4, -0.2) is 51.9 Å². The number of thiophene rings is 1. The van der Waals surface area contributed by atoms with Crippen LogP contribution >= 0.6 is 23.7 Å². The van der Waals surface area contributed by atoms with Crippen LogP contribution in [0.4, 0.5) is 10.7 Å². The zero-order valence-corrected chi connectivity index (χ0v) is 23.7. The Balaban J connectivity index is 0.00000336. The van der Waals surface area contributed by atoms with Crippen molar-refractivity contribution in [3.8, 4) is 0 Å². The highest BCUT2D eigenvalue weighted by Gasteiger charge is 2.30. The summed E-state index contributed by atoms with van der Waals surface area (Å²) >= 11 is 1.39. The molecule has 2 aliphatic heterocycles. The van der Waals surface area contributed by atoms with E-state index in [0.29, 0.717) is 41.3 Å². The number of carbonyl (C=O) groups is 2. The van der Waals surface area contributed by atoms with Crippen LogP contribution in [0.15, 0.2) is 53.4 Å². The molecule has 8 nitrogen and oxygen atoms in total. The van der Waals surface area contributed by atoms with E-state index < -0.39 is 21.9 Å². The van der Waals surface area contributed by atoms with E-state index >= 15 is 0 Å². The van der Waals surface area contributed by atoms with Crippen molar-refractivity contribution in [2.45, 2.75) is 37.6 Å². The number of ether oxygens (including phenoxy) is 1. The van der Waals surface area contributed by atoms with Crippen molar-refractivity contribution < 1.29 is 22.7 Å². The summed E-state index contributed by atoms with van der Waals surface area (Å²) in [5.74, 6) is -0.854. The molecule has 1 N–H and O–H groups in total. The van der Waals surface area contributed by atoms with Crippen LogP contribution in [0.25, 0.3) is 0 Å². The average molecular weight is 576 g/mol. The smallest absolute Gasteiger partial charge is 0.341 e. The van der Waals surface area contributed by atoms with Gasteiger partial charge in [-0.05, 0) is 74.7 Å². The lowest BCUT2D eigenvalue weighted by Gasteiger charge is -2.30. The van der Waals surface area contributed by atoms with E-state index in [1.165, 1.54) is 39.9 Å². The van der Waals surface area contributed by atoms with E-state index in [1.54, 1.807) is 6.92 Å². The number of nitrogens with one attached hydrogen (secondary N) is 1. The van der Waals surface area contributed by atoms with Crippen LogP contribution in [0, 0.1) is 0 Å². The van der Waals surface area contributed by atoms with Gasteiger partial charge in [0.1, 0.15) is 5.00 Å². The van der Waals surface area contributed by atoms with Gasteiger partial charge in [0, 0.05) is 30.1 Å². The molecule has 3 aromatic rings. The third-order valence-corrected chi connectivity index (χ3v) is 9.69. The number of hydrogen-bond acceptors (Lipinski definition) is 7. The summed E-state index contributed by atoms with van der Waals surface area (Å²) in [5, 5.41) is 3.34. The minimum atomic E-state index is -3.77. The number of anilines is 2. The van der Waals surface area contributed by atoms with E-state index in [9.17, 15) is 18.0 Å². The van der Waals surface area contributed by atoms with Crippen LogP contribution in [0.1, 0.15) is 50.1 Å². The van der Waals surface area contributed by atoms with Crippen molar-refractivity contribution in [3.05, 3.63) is 75.7 Å². The SMILES string of the molecule is CCOC(=O)c1c(NC(=O)c2ccc(S(=O)(=O)N3CCCc4ccccc43)cc2)sc2c1CCN(C)C2.Cl. The van der Waals surface area contributed by atoms with Crippen LogP contribution in [0.5, 0.6) is 0 Å². The lowest BCUT2D eigenvalue weighted by Crippen LogP contribution is -2.35. The Labute approximate surface area is 233 Å². The number of para-hydroxylation sites is 1. The molecule has 0 saturated carbocycles. The van der Waals surface area contributed by atoms with Crippen molar-refractivity contribution in [2.75, 3.05) is 36.4 Å². The van der Waals surface area contributed by atoms with Gasteiger partial charge in [0.05, 0.1) is 22.8 Å². The first-order chi connectivity index (χ1) is 17.8. The summed E-state index contributed by atoms with van der Waals surface area (Å²) in [6.45, 7) is 3.93. The van der Waals surface area contributed by atoms with E-state index in [1.807, 2.05) is 31.3 Å². The van der Waals surface area contributed by atoms with Gasteiger partial charge in [0.15, 0.2) is 0 Å². The fourth-order valence-corrected chi connectivity index (χ4v) is 7.72. The second kappa shape index (κ2) is 11.4. The minimum Gasteiger partial charge on any atom is -0.462 e. The molecule has 1 amide bonds. The average Bonchev–Trinajstić information content (AvgIpc) is 3.25. The summed E-state index contributed by atoms with van der Waals surface area (Å²) in [7, 11) is -1.75. The zero-order chi connectivity index (χ0) is 26.2. The number of nitrogens with zero attached hydrogens (tertiary/aromatic N) is 2. The molecule has 0 spiro atoms. The fraction of sp³-hybridized carbons (Fsp3) is 0.333. The Morgan fingerprint density at radius 1 is 1.05 bits per heavy atom. The summed E-state index contributed by atoms with van der Waals surface area (Å²) < 4.78 is 33.5. The molecule has 0 bridgehead atoms. The molecule has 5 rings (SSSR count). The van der Waals surface area contributed by atoms with E-state index in [4.69, 9.17) is 4.74 Å². The second-order valence-corrected chi connectivity index (χ2v) is 12.2. The van der Waals surface area contributed by atoms with Gasteiger partial charge in [-0.1, -0.05) is 18.2 Å². The molecule has 0 radical (unpaired) electrons. The maximum absolute atomic E-state index is 13.4. The van der Waals surface area contributed by atoms with Gasteiger partial charge in [-0.2, -0.15) is 0 Å². The molecule has 202 valence electrons. The third-order valence-electron chi connectivity index (χ3n) is 6.73. The van der Waals surface area contributed by atoms with Crippen LogP contribution in [0.3, 0.4) is 0 Å². The molecule has 0 atom stereocenters. The summed E-state index contributed by atoms with van der Waals surface area (Å²) in [5.41, 5.74) is 3.37. The molecule has 0 unspecified atom stereocenters. The number of fused-ring (bicyclic) bond motifs is 2. The summed E-state index contributed by atoms with van der Waals surface area (Å²) in [6.07, 6.45) is 2.30. The largest absolute Gasteiger partial charge is 0.462 e. The Kier molecular flexibility index (Phi) is 8.46. The maximum atomic E-state index is 13.4. The van der Waals surface area contributed by atoms with E-state index in [2.05, 4.69) is 10.2 Å². The number of hydrogen-bond donors (Lipinski definition) is 1. The third kappa shape index (κ3) is 5.31. The first-order valence-corrected chi connectivity index (χ1v) is 14.6. The second-order valence-electron chi connectivity index (χ2n) is 9.20. The summed E-state index contributed by atoms with van der Waals surface area (Å²) in [6, 6.07) is 13.5. The van der Waals surface area contributed by atoms with E-state index in [-0.39, 0.29) is 23.9 Å². The van der Waals surface area contributed by atoms with Crippen molar-refractivity contribution in [1.82, 2.24) is 4.90 Å². The molecule has 38 heavy (non-hydrogen) atoms. The molecular formula is C27H30ClN3O5S2. The Bertz CT molecular complexity index is 1450. The number of amides is 1. The Morgan fingerprint density at radius 2 is 1.79 bits per heavy atom. The first-order valence-electron chi connectivity index (χ1n) is 12.3. The normalized spacial score (nSPS) is 15.2. The van der Waals surface area contributed by atoms with Crippen molar-refractivity contribution >= 4 is 56.3 Å². The molecule has 2 aromatic carbocycles. The van der Waals surface area contributed by atoms with Gasteiger partial charge in [0.25, 0.3) is 15.9 Å². The van der Waals surface area contributed by atoms with Crippen LogP contribution in [-0.2, 0) is 34.1 Å². The van der Waals surface area contributed by atoms with Gasteiger partial charge in [-0.3, -0.25) is 9.10 Å². The van der Waals surface area contributed by atoms with Gasteiger partial charge >= 0.3 is 5.97 Å². The predicted octanol–water partition coefficient (Wildman–Crippen LogP) is 4.73. The summed E-state index contributed by atoms with van der Waals surface area (Å²) in [4.78, 5) is 29.2. The molecule has 0 saturated heterocycles. The number of esters is 1. The van der Waals surface area contributed by atoms with Gasteiger partial charge < -0.3 is 15.0 Å². The standard InChI is InChI=1S/C27H29N3O5S2.ClH/c1-3-35-27(32)24-21-14-16-29(2)17-23(21)36-26(24)28-25(31)19-10-12-20(13-11-19)37(33,34)30-15-6-8-18-7-4-5-9-22(18)30;/h4-5,7,9-13H,3,6,8,14-17H2,1-2H3,(H,28,31);1H. The highest BCUT2D eigenvalue weighted by Crippen LogP contribution is 2.38. The maximum Gasteiger partial charge on any atom is 0.341 e. The number of halogens is 1. The quantitative estimate of drug-likeness (QED) is 0.427. The molecular weight excluding hydrogens is 546 g/mol. The van der Waals surface area contributed by atoms with Crippen molar-refractivity contribution in [3.63, 3.8) is 0 Å². The number of benzene rings is 2. The molecule has 11 heteroatoms. The molecule has 0 aliphatic carbocycles. The topological polar surface area (TPSA) is 96.0 Å². The zero-order valence-electron chi connectivity index (χ0n) is 21.2. The molecule has 0 fully saturated rings. The number of rotatable bonds is 6. The number of likely N-dealkylation sites (N-methyl/N-ethyl adjacent to an activating group) is 1. The van der Waals surface area contributed by atoms with Gasteiger partial charge in [0.2, 0.25) is 0 Å². The van der Waals surface area contributed by atoms with E-state index in [0.717, 1.165) is 35.4 Å². The van der Waals surface area contributed by atoms with Crippen LogP contribution in [0.2, 0.25) is 0 Å². The highest BCUT2D eigenvalue weighted by molar-refractivity contribution is 7.92. The van der Waals surface area contributed by atoms with Crippen molar-refractivity contribution in [1.29, 1.82) is 0 Å². The Morgan fingerprint density at radius 3 is 2.53 bits per heavy atom. The molecule has 2 aliphatic rings. The number of carbonyl (C=O) groups excluding carboxylic acids is 2. The molecule has 3 heterocycles. The van der Waals surface area contributed by atoms with Crippen LogP contribution < -0.4 is 9.62 Å².